The average Bonchev–Trinajstić information content (AvgIpc) is 2.94. The number of rotatable bonds is 5. The molecule has 0 saturated heterocycles. The molecule has 2 unspecified atom stereocenters. The molecule has 0 bridgehead atoms. The highest BCUT2D eigenvalue weighted by Gasteiger charge is 2.63. The summed E-state index contributed by atoms with van der Waals surface area (Å²) in [5, 5.41) is 12.3. The first-order valence-corrected chi connectivity index (χ1v) is 11.9. The van der Waals surface area contributed by atoms with E-state index in [9.17, 15) is 13.2 Å². The minimum absolute atomic E-state index is 0.0531. The van der Waals surface area contributed by atoms with Crippen LogP contribution >= 0.6 is 11.3 Å². The molecule has 1 N–H and O–H groups in total. The van der Waals surface area contributed by atoms with Crippen molar-refractivity contribution in [1.82, 2.24) is 10.2 Å². The maximum absolute atomic E-state index is 13.3. The van der Waals surface area contributed by atoms with Crippen LogP contribution < -0.4 is 5.32 Å². The van der Waals surface area contributed by atoms with Crippen molar-refractivity contribution < 1.29 is 13.2 Å². The zero-order valence-electron chi connectivity index (χ0n) is 15.4. The van der Waals surface area contributed by atoms with Crippen LogP contribution in [0.4, 0.5) is 5.13 Å². The number of nitrogens with zero attached hydrogens (tertiary/aromatic N) is 2. The third-order valence-electron chi connectivity index (χ3n) is 5.93. The van der Waals surface area contributed by atoms with Crippen molar-refractivity contribution >= 4 is 32.2 Å². The fraction of sp³-hybridized carbons (Fsp3) is 0.526. The Balaban J connectivity index is 1.66. The fourth-order valence-corrected chi connectivity index (χ4v) is 5.71. The molecule has 2 aromatic rings. The monoisotopic (exact) mass is 405 g/mol. The van der Waals surface area contributed by atoms with Crippen LogP contribution in [0.3, 0.4) is 0 Å². The van der Waals surface area contributed by atoms with Crippen molar-refractivity contribution in [2.75, 3.05) is 11.6 Å². The minimum Gasteiger partial charge on any atom is -0.300 e. The molecule has 2 fully saturated rings. The Hall–Kier alpha value is -1.80. The molecule has 1 heterocycles. The molecule has 6 nitrogen and oxygen atoms in total. The molecule has 1 aromatic carbocycles. The number of aromatic nitrogens is 2. The summed E-state index contributed by atoms with van der Waals surface area (Å²) in [4.78, 5) is 13.5. The van der Waals surface area contributed by atoms with E-state index < -0.39 is 15.3 Å². The second-order valence-electron chi connectivity index (χ2n) is 7.70. The summed E-state index contributed by atoms with van der Waals surface area (Å²) >= 11 is 1.36. The van der Waals surface area contributed by atoms with Gasteiger partial charge in [-0.2, -0.15) is 0 Å². The van der Waals surface area contributed by atoms with E-state index in [0.29, 0.717) is 17.0 Å². The number of amides is 1. The molecule has 0 spiro atoms. The van der Waals surface area contributed by atoms with Crippen molar-refractivity contribution in [3.05, 3.63) is 34.8 Å². The molecule has 27 heavy (non-hydrogen) atoms. The standard InChI is InChI=1S/C19H23N3O3S2/c1-12-21-22-18(26-12)20-17(23)19(11-16(19)13-5-3-4-6-13)14-7-9-15(10-8-14)27(2,24)25/h7-10,13,16H,3-6,11H2,1-2H3,(H,20,22,23). The van der Waals surface area contributed by atoms with Gasteiger partial charge in [0.05, 0.1) is 10.3 Å². The van der Waals surface area contributed by atoms with Crippen LogP contribution in [0.15, 0.2) is 29.2 Å². The predicted molar refractivity (Wildman–Crippen MR) is 105 cm³/mol. The number of hydrogen-bond donors (Lipinski definition) is 1. The summed E-state index contributed by atoms with van der Waals surface area (Å²) < 4.78 is 23.5. The Kier molecular flexibility index (Phi) is 4.58. The number of benzene rings is 1. The number of carbonyl (C=O) groups excluding carboxylic acids is 1. The van der Waals surface area contributed by atoms with Gasteiger partial charge >= 0.3 is 0 Å². The summed E-state index contributed by atoms with van der Waals surface area (Å²) in [6.07, 6.45) is 6.78. The van der Waals surface area contributed by atoms with E-state index in [1.165, 1.54) is 43.3 Å². The van der Waals surface area contributed by atoms with Crippen molar-refractivity contribution in [2.24, 2.45) is 11.8 Å². The molecule has 8 heteroatoms. The van der Waals surface area contributed by atoms with Crippen molar-refractivity contribution in [2.45, 2.75) is 49.3 Å². The highest BCUT2D eigenvalue weighted by molar-refractivity contribution is 7.90. The Morgan fingerprint density at radius 1 is 1.19 bits per heavy atom. The molecule has 144 valence electrons. The molecule has 1 amide bonds. The van der Waals surface area contributed by atoms with Gasteiger partial charge in [0, 0.05) is 6.26 Å². The molecule has 0 aliphatic heterocycles. The van der Waals surface area contributed by atoms with Crippen molar-refractivity contribution in [1.29, 1.82) is 0 Å². The van der Waals surface area contributed by atoms with Crippen LogP contribution in [0, 0.1) is 18.8 Å². The topological polar surface area (TPSA) is 89.0 Å². The van der Waals surface area contributed by atoms with Gasteiger partial charge in [-0.05, 0) is 42.9 Å². The number of hydrogen-bond acceptors (Lipinski definition) is 6. The van der Waals surface area contributed by atoms with E-state index >= 15 is 0 Å². The maximum atomic E-state index is 13.3. The lowest BCUT2D eigenvalue weighted by molar-refractivity contribution is -0.119. The van der Waals surface area contributed by atoms with Gasteiger partial charge in [-0.1, -0.05) is 49.2 Å². The largest absolute Gasteiger partial charge is 0.300 e. The van der Waals surface area contributed by atoms with Crippen LogP contribution in [0.5, 0.6) is 0 Å². The molecular weight excluding hydrogens is 382 g/mol. The Morgan fingerprint density at radius 2 is 1.85 bits per heavy atom. The van der Waals surface area contributed by atoms with Gasteiger partial charge in [-0.3, -0.25) is 10.1 Å². The second kappa shape index (κ2) is 6.67. The van der Waals surface area contributed by atoms with Gasteiger partial charge < -0.3 is 0 Å². The molecule has 4 rings (SSSR count). The summed E-state index contributed by atoms with van der Waals surface area (Å²) in [5.74, 6) is 0.808. The van der Waals surface area contributed by atoms with Crippen molar-refractivity contribution in [3.8, 4) is 0 Å². The van der Waals surface area contributed by atoms with E-state index in [-0.39, 0.29) is 10.8 Å². The normalized spacial score (nSPS) is 25.5. The number of carbonyl (C=O) groups is 1. The molecule has 2 atom stereocenters. The molecule has 2 saturated carbocycles. The van der Waals surface area contributed by atoms with Crippen LogP contribution in [0.2, 0.25) is 0 Å². The summed E-state index contributed by atoms with van der Waals surface area (Å²) in [6, 6.07) is 6.82. The van der Waals surface area contributed by atoms with E-state index in [1.807, 2.05) is 6.92 Å². The van der Waals surface area contributed by atoms with Gasteiger partial charge in [0.1, 0.15) is 5.01 Å². The molecular formula is C19H23N3O3S2. The van der Waals surface area contributed by atoms with Crippen LogP contribution in [-0.4, -0.2) is 30.8 Å². The third-order valence-corrected chi connectivity index (χ3v) is 7.82. The minimum atomic E-state index is -3.26. The lowest BCUT2D eigenvalue weighted by atomic mass is 9.87. The fourth-order valence-electron chi connectivity index (χ4n) is 4.50. The zero-order valence-corrected chi connectivity index (χ0v) is 17.1. The molecule has 1 aromatic heterocycles. The SMILES string of the molecule is Cc1nnc(NC(=O)C2(c3ccc(S(C)(=O)=O)cc3)CC2C2CCCC2)s1. The number of aryl methyl sites for hydroxylation is 1. The van der Waals surface area contributed by atoms with E-state index in [4.69, 9.17) is 0 Å². The lowest BCUT2D eigenvalue weighted by Gasteiger charge is -2.20. The number of sulfone groups is 1. The average molecular weight is 406 g/mol. The number of nitrogens with one attached hydrogen (secondary N) is 1. The first-order chi connectivity index (χ1) is 12.8. The van der Waals surface area contributed by atoms with Gasteiger partial charge in [0.2, 0.25) is 11.0 Å². The number of anilines is 1. The van der Waals surface area contributed by atoms with Gasteiger partial charge in [-0.15, -0.1) is 10.2 Å². The summed E-state index contributed by atoms with van der Waals surface area (Å²) in [5.41, 5.74) is 0.301. The first-order valence-electron chi connectivity index (χ1n) is 9.23. The van der Waals surface area contributed by atoms with E-state index in [0.717, 1.165) is 17.0 Å². The predicted octanol–water partition coefficient (Wildman–Crippen LogP) is 3.34. The van der Waals surface area contributed by atoms with E-state index in [2.05, 4.69) is 15.5 Å². The quantitative estimate of drug-likeness (QED) is 0.824. The Labute approximate surface area is 163 Å². The van der Waals surface area contributed by atoms with Gasteiger partial charge in [0.15, 0.2) is 9.84 Å². The molecule has 0 radical (unpaired) electrons. The first kappa shape index (κ1) is 18.6. The van der Waals surface area contributed by atoms with Crippen LogP contribution in [0.1, 0.15) is 42.7 Å². The van der Waals surface area contributed by atoms with Crippen LogP contribution in [0.25, 0.3) is 0 Å². The summed E-state index contributed by atoms with van der Waals surface area (Å²) in [6.45, 7) is 1.85. The van der Waals surface area contributed by atoms with E-state index in [1.54, 1.807) is 24.3 Å². The Bertz CT molecular complexity index is 962. The van der Waals surface area contributed by atoms with Crippen LogP contribution in [-0.2, 0) is 20.0 Å². The Morgan fingerprint density at radius 3 is 2.41 bits per heavy atom. The second-order valence-corrected chi connectivity index (χ2v) is 10.9. The van der Waals surface area contributed by atoms with Gasteiger partial charge in [0.25, 0.3) is 0 Å². The highest BCUT2D eigenvalue weighted by Crippen LogP contribution is 2.61. The molecule has 2 aliphatic rings. The highest BCUT2D eigenvalue weighted by atomic mass is 32.2. The van der Waals surface area contributed by atoms with Crippen molar-refractivity contribution in [3.63, 3.8) is 0 Å². The smallest absolute Gasteiger partial charge is 0.237 e. The van der Waals surface area contributed by atoms with Gasteiger partial charge in [-0.25, -0.2) is 8.42 Å². The molecule has 2 aliphatic carbocycles. The third kappa shape index (κ3) is 3.40. The maximum Gasteiger partial charge on any atom is 0.237 e. The summed E-state index contributed by atoms with van der Waals surface area (Å²) in [7, 11) is -3.26. The lowest BCUT2D eigenvalue weighted by Crippen LogP contribution is -2.31. The zero-order chi connectivity index (χ0) is 19.2.